The van der Waals surface area contributed by atoms with Crippen LogP contribution in [-0.2, 0) is 6.54 Å². The van der Waals surface area contributed by atoms with Gasteiger partial charge in [0.1, 0.15) is 0 Å². The highest BCUT2D eigenvalue weighted by atomic mass is 35.5. The summed E-state index contributed by atoms with van der Waals surface area (Å²) in [7, 11) is 0. The zero-order valence-electron chi connectivity index (χ0n) is 14.0. The Balaban J connectivity index is 1.39. The second-order valence-electron chi connectivity index (χ2n) is 6.71. The number of aromatic nitrogens is 2. The lowest BCUT2D eigenvalue weighted by molar-refractivity contribution is 0.0724. The smallest absolute Gasteiger partial charge is 0.255 e. The zero-order chi connectivity index (χ0) is 17.2. The first kappa shape index (κ1) is 16.4. The molecule has 0 bridgehead atoms. The molecule has 1 aromatic heterocycles. The van der Waals surface area contributed by atoms with Crippen molar-refractivity contribution in [1.82, 2.24) is 15.1 Å². The van der Waals surface area contributed by atoms with Gasteiger partial charge in [0, 0.05) is 24.7 Å². The van der Waals surface area contributed by atoms with Crippen LogP contribution in [0.4, 0.5) is 5.69 Å². The Morgan fingerprint density at radius 2 is 2.04 bits per heavy atom. The molecule has 6 nitrogen and oxygen atoms in total. The van der Waals surface area contributed by atoms with Gasteiger partial charge < -0.3 is 14.6 Å². The van der Waals surface area contributed by atoms with E-state index in [0.717, 1.165) is 50.4 Å². The summed E-state index contributed by atoms with van der Waals surface area (Å²) in [6.45, 7) is 2.07. The molecule has 7 heteroatoms. The van der Waals surface area contributed by atoms with Gasteiger partial charge in [-0.15, -0.1) is 10.2 Å². The number of carbonyl (C=O) groups excluding carboxylic acids is 1. The van der Waals surface area contributed by atoms with E-state index in [4.69, 9.17) is 16.0 Å². The summed E-state index contributed by atoms with van der Waals surface area (Å²) >= 11 is 6.34. The number of hydrogen-bond donors (Lipinski definition) is 1. The molecule has 1 saturated heterocycles. The highest BCUT2D eigenvalue weighted by molar-refractivity contribution is 6.34. The first-order valence-corrected chi connectivity index (χ1v) is 9.23. The molecule has 1 aliphatic carbocycles. The highest BCUT2D eigenvalue weighted by Crippen LogP contribution is 2.39. The van der Waals surface area contributed by atoms with Gasteiger partial charge in [-0.05, 0) is 50.3 Å². The van der Waals surface area contributed by atoms with Crippen molar-refractivity contribution in [1.29, 1.82) is 0 Å². The van der Waals surface area contributed by atoms with Gasteiger partial charge in [0.2, 0.25) is 11.8 Å². The van der Waals surface area contributed by atoms with E-state index in [1.807, 2.05) is 11.0 Å². The van der Waals surface area contributed by atoms with Crippen LogP contribution in [0.2, 0.25) is 5.02 Å². The van der Waals surface area contributed by atoms with Crippen LogP contribution in [0.15, 0.2) is 22.6 Å². The summed E-state index contributed by atoms with van der Waals surface area (Å²) in [5, 5.41) is 11.8. The molecule has 0 radical (unpaired) electrons. The second kappa shape index (κ2) is 7.04. The number of amides is 1. The molecule has 0 spiro atoms. The van der Waals surface area contributed by atoms with Crippen LogP contribution in [0.5, 0.6) is 0 Å². The van der Waals surface area contributed by atoms with Gasteiger partial charge in [0.25, 0.3) is 5.91 Å². The van der Waals surface area contributed by atoms with Gasteiger partial charge in [-0.3, -0.25) is 4.79 Å². The van der Waals surface area contributed by atoms with Crippen molar-refractivity contribution < 1.29 is 9.21 Å². The average Bonchev–Trinajstić information content (AvgIpc) is 3.39. The number of piperidine rings is 1. The molecule has 2 heterocycles. The fraction of sp³-hybridized carbons (Fsp3) is 0.500. The molecule has 132 valence electrons. The summed E-state index contributed by atoms with van der Waals surface area (Å²) in [4.78, 5) is 14.5. The van der Waals surface area contributed by atoms with Crippen molar-refractivity contribution in [2.75, 3.05) is 18.4 Å². The summed E-state index contributed by atoms with van der Waals surface area (Å²) in [5.74, 6) is 1.77. The maximum atomic E-state index is 12.6. The molecule has 2 aliphatic rings. The normalized spacial score (nSPS) is 17.6. The van der Waals surface area contributed by atoms with E-state index < -0.39 is 0 Å². The number of likely N-dealkylation sites (tertiary alicyclic amines) is 1. The maximum absolute atomic E-state index is 12.6. The predicted molar refractivity (Wildman–Crippen MR) is 94.8 cm³/mol. The minimum absolute atomic E-state index is 0.0160. The Kier molecular flexibility index (Phi) is 4.61. The number of nitrogens with zero attached hydrogens (tertiary/aromatic N) is 3. The lowest BCUT2D eigenvalue weighted by Gasteiger charge is -2.27. The third-order valence-corrected chi connectivity index (χ3v) is 5.01. The number of hydrogen-bond acceptors (Lipinski definition) is 5. The number of rotatable bonds is 5. The van der Waals surface area contributed by atoms with Crippen LogP contribution < -0.4 is 5.32 Å². The summed E-state index contributed by atoms with van der Waals surface area (Å²) in [6.07, 6.45) is 5.60. The van der Waals surface area contributed by atoms with Gasteiger partial charge in [0.05, 0.1) is 17.1 Å². The molecule has 2 fully saturated rings. The van der Waals surface area contributed by atoms with Crippen molar-refractivity contribution in [2.24, 2.45) is 0 Å². The Morgan fingerprint density at radius 3 is 2.76 bits per heavy atom. The number of carbonyl (C=O) groups is 1. The lowest BCUT2D eigenvalue weighted by Crippen LogP contribution is -2.35. The minimum atomic E-state index is 0.0160. The molecule has 4 rings (SSSR count). The van der Waals surface area contributed by atoms with E-state index in [1.54, 1.807) is 12.1 Å². The molecule has 1 N–H and O–H groups in total. The van der Waals surface area contributed by atoms with Crippen LogP contribution in [0.25, 0.3) is 0 Å². The number of benzene rings is 1. The minimum Gasteiger partial charge on any atom is -0.423 e. The molecule has 1 amide bonds. The van der Waals surface area contributed by atoms with E-state index in [1.165, 1.54) is 6.42 Å². The van der Waals surface area contributed by atoms with E-state index in [0.29, 0.717) is 28.9 Å². The average molecular weight is 361 g/mol. The van der Waals surface area contributed by atoms with Crippen LogP contribution in [0, 0.1) is 0 Å². The van der Waals surface area contributed by atoms with Gasteiger partial charge in [-0.25, -0.2) is 0 Å². The van der Waals surface area contributed by atoms with Crippen molar-refractivity contribution in [3.05, 3.63) is 40.6 Å². The van der Waals surface area contributed by atoms with E-state index in [9.17, 15) is 4.79 Å². The number of anilines is 1. The van der Waals surface area contributed by atoms with E-state index in [-0.39, 0.29) is 5.91 Å². The third-order valence-electron chi connectivity index (χ3n) is 4.70. The first-order chi connectivity index (χ1) is 12.2. The third kappa shape index (κ3) is 3.79. The largest absolute Gasteiger partial charge is 0.423 e. The van der Waals surface area contributed by atoms with Crippen molar-refractivity contribution in [3.8, 4) is 0 Å². The first-order valence-electron chi connectivity index (χ1n) is 8.85. The van der Waals surface area contributed by atoms with Gasteiger partial charge in [0.15, 0.2) is 0 Å². The molecular formula is C18H21ClN4O2. The molecule has 1 saturated carbocycles. The highest BCUT2D eigenvalue weighted by Gasteiger charge is 2.29. The lowest BCUT2D eigenvalue weighted by atomic mass is 10.1. The standard InChI is InChI=1S/C18H21ClN4O2/c19-15-10-13(20-11-16-21-22-17(25-16)12-4-5-12)6-7-14(15)18(24)23-8-2-1-3-9-23/h6-7,10,12,20H,1-5,8-9,11H2. The summed E-state index contributed by atoms with van der Waals surface area (Å²) < 4.78 is 5.62. The van der Waals surface area contributed by atoms with Crippen molar-refractivity contribution in [2.45, 2.75) is 44.6 Å². The predicted octanol–water partition coefficient (Wildman–Crippen LogP) is 3.84. The van der Waals surface area contributed by atoms with Gasteiger partial charge >= 0.3 is 0 Å². The van der Waals surface area contributed by atoms with Crippen LogP contribution >= 0.6 is 11.6 Å². The molecule has 25 heavy (non-hydrogen) atoms. The van der Waals surface area contributed by atoms with Crippen LogP contribution in [0.1, 0.15) is 60.2 Å². The molecule has 0 atom stereocenters. The fourth-order valence-electron chi connectivity index (χ4n) is 3.08. The van der Waals surface area contributed by atoms with Gasteiger partial charge in [-0.1, -0.05) is 11.6 Å². The van der Waals surface area contributed by atoms with Crippen molar-refractivity contribution in [3.63, 3.8) is 0 Å². The Bertz CT molecular complexity index is 766. The maximum Gasteiger partial charge on any atom is 0.255 e. The molecule has 0 unspecified atom stereocenters. The number of nitrogens with one attached hydrogen (secondary N) is 1. The van der Waals surface area contributed by atoms with Crippen molar-refractivity contribution >= 4 is 23.2 Å². The number of halogens is 1. The molecule has 2 aromatic rings. The van der Waals surface area contributed by atoms with Gasteiger partial charge in [-0.2, -0.15) is 0 Å². The monoisotopic (exact) mass is 360 g/mol. The quantitative estimate of drug-likeness (QED) is 0.877. The Hall–Kier alpha value is -2.08. The van der Waals surface area contributed by atoms with Crippen LogP contribution in [-0.4, -0.2) is 34.1 Å². The molecule has 1 aromatic carbocycles. The molecular weight excluding hydrogens is 340 g/mol. The molecule has 1 aliphatic heterocycles. The van der Waals surface area contributed by atoms with Crippen LogP contribution in [0.3, 0.4) is 0 Å². The fourth-order valence-corrected chi connectivity index (χ4v) is 3.34. The Labute approximate surface area is 151 Å². The van der Waals surface area contributed by atoms with E-state index in [2.05, 4.69) is 15.5 Å². The Morgan fingerprint density at radius 1 is 1.24 bits per heavy atom. The summed E-state index contributed by atoms with van der Waals surface area (Å²) in [6, 6.07) is 5.42. The van der Waals surface area contributed by atoms with E-state index >= 15 is 0 Å². The zero-order valence-corrected chi connectivity index (χ0v) is 14.8. The summed E-state index contributed by atoms with van der Waals surface area (Å²) in [5.41, 5.74) is 1.38. The second-order valence-corrected chi connectivity index (χ2v) is 7.12. The topological polar surface area (TPSA) is 71.3 Å². The SMILES string of the molecule is O=C(c1ccc(NCc2nnc(C3CC3)o2)cc1Cl)N1CCCCC1.